The second kappa shape index (κ2) is 12.2. The summed E-state index contributed by atoms with van der Waals surface area (Å²) in [4.78, 5) is 45.3. The molecule has 1 unspecified atom stereocenters. The second-order valence-electron chi connectivity index (χ2n) is 12.1. The third kappa shape index (κ3) is 6.94. The molecule has 1 aromatic carbocycles. The molecule has 1 saturated carbocycles. The van der Waals surface area contributed by atoms with E-state index < -0.39 is 17.6 Å². The molecule has 0 spiro atoms. The molecule has 12 nitrogen and oxygen atoms in total. The van der Waals surface area contributed by atoms with Crippen LogP contribution in [0.1, 0.15) is 72.5 Å². The smallest absolute Gasteiger partial charge is 0.410 e. The van der Waals surface area contributed by atoms with Gasteiger partial charge in [0, 0.05) is 18.3 Å². The number of carbonyl (C=O) groups is 3. The molecule has 3 amide bonds. The number of likely N-dealkylation sites (tertiary alicyclic amines) is 1. The number of nitrogens with zero attached hydrogens (tertiary/aromatic N) is 5. The van der Waals surface area contributed by atoms with Crippen molar-refractivity contribution < 1.29 is 23.9 Å². The molecule has 3 aromatic rings. The topological polar surface area (TPSA) is 151 Å². The van der Waals surface area contributed by atoms with Crippen molar-refractivity contribution in [1.82, 2.24) is 25.0 Å². The van der Waals surface area contributed by atoms with E-state index in [4.69, 9.17) is 21.1 Å². The maximum atomic E-state index is 13.8. The third-order valence-electron chi connectivity index (χ3n) is 7.28. The first kappa shape index (κ1) is 30.8. The van der Waals surface area contributed by atoms with E-state index >= 15 is 0 Å². The van der Waals surface area contributed by atoms with E-state index in [0.29, 0.717) is 17.0 Å². The summed E-state index contributed by atoms with van der Waals surface area (Å²) in [5, 5.41) is 20.1. The number of nitriles is 1. The van der Waals surface area contributed by atoms with Gasteiger partial charge in [0.05, 0.1) is 41.0 Å². The van der Waals surface area contributed by atoms with Gasteiger partial charge < -0.3 is 25.0 Å². The number of rotatable bonds is 8. The molecule has 5 rings (SSSR count). The Balaban J connectivity index is 1.41. The minimum atomic E-state index is -0.616. The van der Waals surface area contributed by atoms with E-state index in [-0.39, 0.29) is 64.8 Å². The van der Waals surface area contributed by atoms with Gasteiger partial charge in [-0.05, 0) is 83.2 Å². The fourth-order valence-electron chi connectivity index (χ4n) is 4.81. The summed E-state index contributed by atoms with van der Waals surface area (Å²) >= 11 is 6.42. The van der Waals surface area contributed by atoms with Crippen LogP contribution in [0.5, 0.6) is 5.88 Å². The minimum Gasteiger partial charge on any atom is -0.469 e. The predicted octanol–water partition coefficient (Wildman–Crippen LogP) is 4.88. The molecule has 1 saturated heterocycles. The quantitative estimate of drug-likeness (QED) is 0.362. The predicted molar refractivity (Wildman–Crippen MR) is 162 cm³/mol. The van der Waals surface area contributed by atoms with Crippen LogP contribution in [0.3, 0.4) is 0 Å². The maximum absolute atomic E-state index is 13.8. The molecule has 44 heavy (non-hydrogen) atoms. The van der Waals surface area contributed by atoms with Crippen molar-refractivity contribution in [2.45, 2.75) is 65.2 Å². The first-order valence-corrected chi connectivity index (χ1v) is 14.7. The van der Waals surface area contributed by atoms with Gasteiger partial charge in [0.15, 0.2) is 5.82 Å². The summed E-state index contributed by atoms with van der Waals surface area (Å²) < 4.78 is 12.7. The van der Waals surface area contributed by atoms with Crippen LogP contribution in [-0.2, 0) is 4.74 Å². The van der Waals surface area contributed by atoms with Crippen LogP contribution in [0.25, 0.3) is 5.82 Å². The van der Waals surface area contributed by atoms with Crippen molar-refractivity contribution in [2.75, 3.05) is 18.4 Å². The molecule has 2 aliphatic rings. The van der Waals surface area contributed by atoms with Crippen LogP contribution in [-0.4, -0.2) is 68.4 Å². The molecule has 1 aliphatic carbocycles. The highest BCUT2D eigenvalue weighted by atomic mass is 35.5. The Morgan fingerprint density at radius 3 is 2.52 bits per heavy atom. The van der Waals surface area contributed by atoms with Crippen molar-refractivity contribution in [1.29, 1.82) is 5.26 Å². The van der Waals surface area contributed by atoms with E-state index in [2.05, 4.69) is 26.8 Å². The van der Waals surface area contributed by atoms with Crippen molar-refractivity contribution in [3.63, 3.8) is 0 Å². The monoisotopic (exact) mass is 619 g/mol. The number of aryl methyl sites for hydroxylation is 1. The lowest BCUT2D eigenvalue weighted by Crippen LogP contribution is -2.57. The number of aromatic nitrogens is 3. The van der Waals surface area contributed by atoms with Crippen molar-refractivity contribution >= 4 is 35.2 Å². The lowest BCUT2D eigenvalue weighted by molar-refractivity contribution is -0.0233. The fourth-order valence-corrected chi connectivity index (χ4v) is 5.01. The Bertz CT molecular complexity index is 1650. The summed E-state index contributed by atoms with van der Waals surface area (Å²) in [6.45, 7) is 9.62. The highest BCUT2D eigenvalue weighted by Gasteiger charge is 2.36. The number of benzene rings is 1. The van der Waals surface area contributed by atoms with Crippen LogP contribution < -0.4 is 15.4 Å². The summed E-state index contributed by atoms with van der Waals surface area (Å²) in [7, 11) is 0. The standard InChI is InChI=1S/C31H34ClN7O5/c1-17-11-19(14-33)12-22(28(40)35-18(2)20-8-9-20)26(17)36-29(41)24-13-25(37-39(24)27-23(32)7-6-10-34-27)43-21-15-38(16-21)30(42)44-31(3,4)5/h6-7,10-13,18,20-21H,8-9,15-16H2,1-5H3,(H,35,40)(H,36,41). The number of amides is 3. The van der Waals surface area contributed by atoms with E-state index in [0.717, 1.165) is 12.8 Å². The van der Waals surface area contributed by atoms with Crippen molar-refractivity contribution in [3.05, 3.63) is 63.9 Å². The molecule has 0 radical (unpaired) electrons. The van der Waals surface area contributed by atoms with Gasteiger partial charge in [-0.3, -0.25) is 9.59 Å². The van der Waals surface area contributed by atoms with Crippen molar-refractivity contribution in [2.24, 2.45) is 5.92 Å². The average Bonchev–Trinajstić information content (AvgIpc) is 3.70. The molecule has 230 valence electrons. The molecule has 13 heteroatoms. The zero-order valence-electron chi connectivity index (χ0n) is 25.2. The van der Waals surface area contributed by atoms with Gasteiger partial charge in [0.25, 0.3) is 11.8 Å². The molecule has 0 bridgehead atoms. The third-order valence-corrected chi connectivity index (χ3v) is 7.58. The number of halogens is 1. The van der Waals surface area contributed by atoms with Gasteiger partial charge >= 0.3 is 6.09 Å². The van der Waals surface area contributed by atoms with E-state index in [1.165, 1.54) is 27.9 Å². The lowest BCUT2D eigenvalue weighted by Gasteiger charge is -2.38. The lowest BCUT2D eigenvalue weighted by atomic mass is 10.0. The molecule has 2 N–H and O–H groups in total. The number of pyridine rings is 1. The number of hydrogen-bond donors (Lipinski definition) is 2. The second-order valence-corrected chi connectivity index (χ2v) is 12.5. The van der Waals surface area contributed by atoms with Crippen LogP contribution in [0.2, 0.25) is 5.02 Å². The molecule has 3 heterocycles. The minimum absolute atomic E-state index is 0.0396. The molecule has 1 aliphatic heterocycles. The van der Waals surface area contributed by atoms with Crippen LogP contribution in [0.15, 0.2) is 36.5 Å². The highest BCUT2D eigenvalue weighted by molar-refractivity contribution is 6.32. The zero-order valence-corrected chi connectivity index (χ0v) is 25.9. The number of ether oxygens (including phenoxy) is 2. The van der Waals surface area contributed by atoms with Gasteiger partial charge in [-0.15, -0.1) is 5.10 Å². The molecule has 2 fully saturated rings. The van der Waals surface area contributed by atoms with Crippen LogP contribution >= 0.6 is 11.6 Å². The summed E-state index contributed by atoms with van der Waals surface area (Å²) in [5.74, 6) is -0.246. The Morgan fingerprint density at radius 1 is 1.16 bits per heavy atom. The van der Waals surface area contributed by atoms with Gasteiger partial charge in [0.1, 0.15) is 17.4 Å². The van der Waals surface area contributed by atoms with Gasteiger partial charge in [-0.2, -0.15) is 5.26 Å². The van der Waals surface area contributed by atoms with Gasteiger partial charge in [-0.1, -0.05) is 11.6 Å². The van der Waals surface area contributed by atoms with Crippen LogP contribution in [0.4, 0.5) is 10.5 Å². The first-order valence-electron chi connectivity index (χ1n) is 14.4. The largest absolute Gasteiger partial charge is 0.469 e. The zero-order chi connectivity index (χ0) is 31.8. The molecule has 2 aromatic heterocycles. The SMILES string of the molecule is Cc1cc(C#N)cc(C(=O)NC(C)C2CC2)c1NC(=O)c1cc(OC2CN(C(=O)OC(C)(C)C)C2)nn1-c1ncccc1Cl. The number of carbonyl (C=O) groups excluding carboxylic acids is 3. The summed E-state index contributed by atoms with van der Waals surface area (Å²) in [6.07, 6.45) is 2.81. The molecule has 1 atom stereocenters. The number of nitrogens with one attached hydrogen (secondary N) is 2. The number of anilines is 1. The Labute approximate surface area is 260 Å². The van der Waals surface area contributed by atoms with Gasteiger partial charge in [-0.25, -0.2) is 14.5 Å². The maximum Gasteiger partial charge on any atom is 0.410 e. The van der Waals surface area contributed by atoms with Crippen molar-refractivity contribution in [3.8, 4) is 17.8 Å². The Kier molecular flexibility index (Phi) is 8.52. The average molecular weight is 620 g/mol. The number of hydrogen-bond acceptors (Lipinski definition) is 8. The molecular formula is C31H34ClN7O5. The highest BCUT2D eigenvalue weighted by Crippen LogP contribution is 2.33. The summed E-state index contributed by atoms with van der Waals surface area (Å²) in [6, 6.07) is 9.82. The van der Waals surface area contributed by atoms with E-state index in [9.17, 15) is 19.6 Å². The van der Waals surface area contributed by atoms with Gasteiger partial charge in [0.2, 0.25) is 5.88 Å². The first-order chi connectivity index (χ1) is 20.8. The fraction of sp³-hybridized carbons (Fsp3) is 0.419. The Hall–Kier alpha value is -4.63. The Morgan fingerprint density at radius 2 is 1.89 bits per heavy atom. The van der Waals surface area contributed by atoms with E-state index in [1.54, 1.807) is 45.9 Å². The summed E-state index contributed by atoms with van der Waals surface area (Å²) in [5.41, 5.74) is 0.713. The van der Waals surface area contributed by atoms with Crippen LogP contribution in [0, 0.1) is 24.2 Å². The molecular weight excluding hydrogens is 586 g/mol. The van der Waals surface area contributed by atoms with E-state index in [1.807, 2.05) is 6.92 Å². The normalized spacial score (nSPS) is 15.5.